The predicted molar refractivity (Wildman–Crippen MR) is 111 cm³/mol. The molecule has 1 amide bonds. The molecule has 1 unspecified atom stereocenters. The van der Waals surface area contributed by atoms with Crippen LogP contribution in [0.3, 0.4) is 0 Å². The van der Waals surface area contributed by atoms with E-state index < -0.39 is 11.9 Å². The number of amides is 1. The second kappa shape index (κ2) is 7.43. The maximum absolute atomic E-state index is 13.0. The minimum absolute atomic E-state index is 0.0469. The highest BCUT2D eigenvalue weighted by atomic mass is 16.5. The maximum atomic E-state index is 13.0. The van der Waals surface area contributed by atoms with Crippen molar-refractivity contribution in [2.45, 2.75) is 19.4 Å². The van der Waals surface area contributed by atoms with Crippen LogP contribution >= 0.6 is 0 Å². The van der Waals surface area contributed by atoms with Crippen molar-refractivity contribution in [3.05, 3.63) is 83.4 Å². The lowest BCUT2D eigenvalue weighted by Crippen LogP contribution is -2.23. The fourth-order valence-corrected chi connectivity index (χ4v) is 3.67. The largest absolute Gasteiger partial charge is 0.497 e. The van der Waals surface area contributed by atoms with Crippen LogP contribution in [-0.2, 0) is 11.3 Å². The lowest BCUT2D eigenvalue weighted by molar-refractivity contribution is -0.138. The Bertz CT molecular complexity index is 1070. The molecule has 0 saturated carbocycles. The van der Waals surface area contributed by atoms with Crippen molar-refractivity contribution in [2.75, 3.05) is 12.0 Å². The molecular formula is C24H21NO4. The number of methoxy groups -OCH3 is 1. The number of rotatable bonds is 5. The topological polar surface area (TPSA) is 66.8 Å². The van der Waals surface area contributed by atoms with Gasteiger partial charge in [0, 0.05) is 11.3 Å². The molecule has 29 heavy (non-hydrogen) atoms. The SMILES string of the molecule is COc1ccc(-c2cccc3c2CN(c2ccc(C(C)C(=O)O)cc2)C3=O)cc1. The number of fused-ring (bicyclic) bond motifs is 1. The average Bonchev–Trinajstić information content (AvgIpc) is 3.10. The van der Waals surface area contributed by atoms with Crippen molar-refractivity contribution in [1.82, 2.24) is 0 Å². The van der Waals surface area contributed by atoms with Gasteiger partial charge in [-0.15, -0.1) is 0 Å². The number of carboxylic acid groups (broad SMARTS) is 1. The molecule has 3 aromatic rings. The van der Waals surface area contributed by atoms with Gasteiger partial charge in [-0.25, -0.2) is 0 Å². The quantitative estimate of drug-likeness (QED) is 0.688. The Balaban J connectivity index is 1.65. The number of ether oxygens (including phenoxy) is 1. The van der Waals surface area contributed by atoms with E-state index >= 15 is 0 Å². The van der Waals surface area contributed by atoms with E-state index in [2.05, 4.69) is 0 Å². The number of aliphatic carboxylic acids is 1. The standard InChI is InChI=1S/C24H21NO4/c1-15(24(27)28)16-6-10-18(11-7-16)25-14-22-20(4-3-5-21(22)23(25)26)17-8-12-19(29-2)13-9-17/h3-13,15H,14H2,1-2H3,(H,27,28). The Morgan fingerprint density at radius 3 is 2.28 bits per heavy atom. The number of nitrogens with zero attached hydrogens (tertiary/aromatic N) is 1. The number of carbonyl (C=O) groups excluding carboxylic acids is 1. The summed E-state index contributed by atoms with van der Waals surface area (Å²) in [5.41, 5.74) is 5.21. The number of benzene rings is 3. The minimum Gasteiger partial charge on any atom is -0.497 e. The Morgan fingerprint density at radius 1 is 1.00 bits per heavy atom. The molecule has 0 radical (unpaired) electrons. The highest BCUT2D eigenvalue weighted by Gasteiger charge is 2.30. The summed E-state index contributed by atoms with van der Waals surface area (Å²) >= 11 is 0. The molecular weight excluding hydrogens is 366 g/mol. The van der Waals surface area contributed by atoms with E-state index in [0.29, 0.717) is 17.7 Å². The van der Waals surface area contributed by atoms with Gasteiger partial charge in [0.2, 0.25) is 0 Å². The Hall–Kier alpha value is -3.60. The molecule has 1 aliphatic heterocycles. The van der Waals surface area contributed by atoms with Crippen LogP contribution in [0.2, 0.25) is 0 Å². The maximum Gasteiger partial charge on any atom is 0.310 e. The minimum atomic E-state index is -0.869. The molecule has 1 N–H and O–H groups in total. The molecule has 5 heteroatoms. The first kappa shape index (κ1) is 18.7. The molecule has 0 saturated heterocycles. The van der Waals surface area contributed by atoms with Gasteiger partial charge in [-0.05, 0) is 59.5 Å². The summed E-state index contributed by atoms with van der Waals surface area (Å²) < 4.78 is 5.23. The molecule has 5 nitrogen and oxygen atoms in total. The van der Waals surface area contributed by atoms with Crippen LogP contribution in [0.25, 0.3) is 11.1 Å². The Labute approximate surface area is 169 Å². The number of anilines is 1. The van der Waals surface area contributed by atoms with Gasteiger partial charge in [-0.1, -0.05) is 36.4 Å². The van der Waals surface area contributed by atoms with Crippen LogP contribution < -0.4 is 9.64 Å². The van der Waals surface area contributed by atoms with Gasteiger partial charge in [0.1, 0.15) is 5.75 Å². The molecule has 0 spiro atoms. The van der Waals surface area contributed by atoms with Crippen molar-refractivity contribution < 1.29 is 19.4 Å². The lowest BCUT2D eigenvalue weighted by atomic mass is 9.97. The van der Waals surface area contributed by atoms with Gasteiger partial charge in [0.25, 0.3) is 5.91 Å². The van der Waals surface area contributed by atoms with Gasteiger partial charge < -0.3 is 14.7 Å². The molecule has 0 bridgehead atoms. The van der Waals surface area contributed by atoms with E-state index in [1.165, 1.54) is 0 Å². The summed E-state index contributed by atoms with van der Waals surface area (Å²) in [5.74, 6) is -0.715. The van der Waals surface area contributed by atoms with Gasteiger partial charge in [-0.2, -0.15) is 0 Å². The first-order chi connectivity index (χ1) is 14.0. The first-order valence-corrected chi connectivity index (χ1v) is 9.40. The van der Waals surface area contributed by atoms with Crippen LogP contribution in [0.15, 0.2) is 66.7 Å². The zero-order valence-electron chi connectivity index (χ0n) is 16.3. The Morgan fingerprint density at radius 2 is 1.66 bits per heavy atom. The fraction of sp³-hybridized carbons (Fsp3) is 0.167. The van der Waals surface area contributed by atoms with Crippen LogP contribution in [0.4, 0.5) is 5.69 Å². The van der Waals surface area contributed by atoms with Gasteiger partial charge >= 0.3 is 5.97 Å². The zero-order valence-corrected chi connectivity index (χ0v) is 16.3. The summed E-state index contributed by atoms with van der Waals surface area (Å²) in [6.07, 6.45) is 0. The van der Waals surface area contributed by atoms with Gasteiger partial charge in [0.05, 0.1) is 19.6 Å². The van der Waals surface area contributed by atoms with E-state index in [1.54, 1.807) is 31.1 Å². The highest BCUT2D eigenvalue weighted by Crippen LogP contribution is 2.36. The smallest absolute Gasteiger partial charge is 0.310 e. The fourth-order valence-electron chi connectivity index (χ4n) is 3.67. The summed E-state index contributed by atoms with van der Waals surface area (Å²) in [6, 6.07) is 20.7. The zero-order chi connectivity index (χ0) is 20.5. The van der Waals surface area contributed by atoms with Crippen molar-refractivity contribution in [2.24, 2.45) is 0 Å². The van der Waals surface area contributed by atoms with Crippen molar-refractivity contribution in [3.8, 4) is 16.9 Å². The van der Waals surface area contributed by atoms with E-state index in [1.807, 2.05) is 54.6 Å². The number of carboxylic acids is 1. The second-order valence-corrected chi connectivity index (χ2v) is 7.10. The summed E-state index contributed by atoms with van der Waals surface area (Å²) in [7, 11) is 1.63. The summed E-state index contributed by atoms with van der Waals surface area (Å²) in [4.78, 5) is 25.9. The van der Waals surface area contributed by atoms with E-state index in [9.17, 15) is 14.7 Å². The molecule has 0 aromatic heterocycles. The highest BCUT2D eigenvalue weighted by molar-refractivity contribution is 6.11. The summed E-state index contributed by atoms with van der Waals surface area (Å²) in [5, 5.41) is 9.18. The van der Waals surface area contributed by atoms with Crippen molar-refractivity contribution in [3.63, 3.8) is 0 Å². The van der Waals surface area contributed by atoms with Crippen LogP contribution in [0.5, 0.6) is 5.75 Å². The lowest BCUT2D eigenvalue weighted by Gasteiger charge is -2.17. The molecule has 146 valence electrons. The van der Waals surface area contributed by atoms with Crippen LogP contribution in [-0.4, -0.2) is 24.1 Å². The summed E-state index contributed by atoms with van der Waals surface area (Å²) in [6.45, 7) is 2.12. The molecule has 4 rings (SSSR count). The third kappa shape index (κ3) is 3.36. The third-order valence-corrected chi connectivity index (χ3v) is 5.44. The van der Waals surface area contributed by atoms with E-state index in [0.717, 1.165) is 28.1 Å². The Kier molecular flexibility index (Phi) is 4.80. The molecule has 0 fully saturated rings. The van der Waals surface area contributed by atoms with Crippen molar-refractivity contribution in [1.29, 1.82) is 0 Å². The normalized spacial score (nSPS) is 13.9. The van der Waals surface area contributed by atoms with E-state index in [-0.39, 0.29) is 5.91 Å². The second-order valence-electron chi connectivity index (χ2n) is 7.10. The van der Waals surface area contributed by atoms with Gasteiger partial charge in [0.15, 0.2) is 0 Å². The van der Waals surface area contributed by atoms with Gasteiger partial charge in [-0.3, -0.25) is 9.59 Å². The average molecular weight is 387 g/mol. The van der Waals surface area contributed by atoms with Crippen LogP contribution in [0.1, 0.15) is 34.3 Å². The molecule has 1 aliphatic rings. The molecule has 3 aromatic carbocycles. The molecule has 1 heterocycles. The number of hydrogen-bond acceptors (Lipinski definition) is 3. The number of carbonyl (C=O) groups is 2. The molecule has 0 aliphatic carbocycles. The van der Waals surface area contributed by atoms with E-state index in [4.69, 9.17) is 4.74 Å². The van der Waals surface area contributed by atoms with Crippen LogP contribution in [0, 0.1) is 0 Å². The van der Waals surface area contributed by atoms with Crippen molar-refractivity contribution >= 4 is 17.6 Å². The third-order valence-electron chi connectivity index (χ3n) is 5.44. The molecule has 1 atom stereocenters. The number of hydrogen-bond donors (Lipinski definition) is 1. The monoisotopic (exact) mass is 387 g/mol. The first-order valence-electron chi connectivity index (χ1n) is 9.40. The predicted octanol–water partition coefficient (Wildman–Crippen LogP) is 4.71.